The van der Waals surface area contributed by atoms with Gasteiger partial charge < -0.3 is 5.11 Å². The van der Waals surface area contributed by atoms with E-state index >= 15 is 0 Å². The molecule has 10 heavy (non-hydrogen) atoms. The molecular formula is C8H12O2. The first-order valence-corrected chi connectivity index (χ1v) is 3.14. The lowest BCUT2D eigenvalue weighted by Gasteiger charge is -1.83. The van der Waals surface area contributed by atoms with Gasteiger partial charge in [0.2, 0.25) is 0 Å². The fourth-order valence-electron chi connectivity index (χ4n) is 0.441. The van der Waals surface area contributed by atoms with E-state index in [4.69, 9.17) is 5.11 Å². The average Bonchev–Trinajstić information content (AvgIpc) is 1.79. The molecule has 0 atom stereocenters. The van der Waals surface area contributed by atoms with E-state index in [1.807, 2.05) is 0 Å². The van der Waals surface area contributed by atoms with Crippen molar-refractivity contribution in [1.29, 1.82) is 0 Å². The van der Waals surface area contributed by atoms with Crippen molar-refractivity contribution < 1.29 is 9.90 Å². The second-order valence-electron chi connectivity index (χ2n) is 2.14. The molecule has 0 saturated carbocycles. The number of ketones is 1. The minimum Gasteiger partial charge on any atom is -0.513 e. The van der Waals surface area contributed by atoms with Crippen molar-refractivity contribution in [2.45, 2.75) is 20.3 Å². The minimum absolute atomic E-state index is 0.125. The third-order valence-corrected chi connectivity index (χ3v) is 0.879. The Hall–Kier alpha value is -1.05. The average molecular weight is 140 g/mol. The zero-order valence-electron chi connectivity index (χ0n) is 6.29. The van der Waals surface area contributed by atoms with Gasteiger partial charge in [-0.05, 0) is 19.9 Å². The van der Waals surface area contributed by atoms with Crippen LogP contribution in [0.5, 0.6) is 0 Å². The predicted octanol–water partition coefficient (Wildman–Crippen LogP) is 1.98. The van der Waals surface area contributed by atoms with E-state index in [1.54, 1.807) is 25.2 Å². The Bertz CT molecular complexity index is 162. The van der Waals surface area contributed by atoms with Gasteiger partial charge in [-0.2, -0.15) is 0 Å². The summed E-state index contributed by atoms with van der Waals surface area (Å²) in [5, 5.41) is 8.64. The summed E-state index contributed by atoms with van der Waals surface area (Å²) >= 11 is 0. The van der Waals surface area contributed by atoms with Crippen molar-refractivity contribution in [3.63, 3.8) is 0 Å². The molecule has 0 bridgehead atoms. The van der Waals surface area contributed by atoms with Crippen LogP contribution in [-0.4, -0.2) is 10.9 Å². The normalized spacial score (nSPS) is 12.4. The molecule has 0 saturated heterocycles. The molecule has 0 aliphatic heterocycles. The van der Waals surface area contributed by atoms with Crippen molar-refractivity contribution >= 4 is 5.78 Å². The highest BCUT2D eigenvalue weighted by Crippen LogP contribution is 1.88. The second kappa shape index (κ2) is 4.79. The topological polar surface area (TPSA) is 37.3 Å². The molecule has 2 nitrogen and oxygen atoms in total. The van der Waals surface area contributed by atoms with E-state index in [1.165, 1.54) is 6.92 Å². The molecule has 2 heteroatoms. The highest BCUT2D eigenvalue weighted by Gasteiger charge is 1.83. The van der Waals surface area contributed by atoms with Crippen molar-refractivity contribution in [2.24, 2.45) is 0 Å². The molecule has 0 spiro atoms. The van der Waals surface area contributed by atoms with Crippen molar-refractivity contribution in [1.82, 2.24) is 0 Å². The van der Waals surface area contributed by atoms with Crippen LogP contribution in [0, 0.1) is 0 Å². The van der Waals surface area contributed by atoms with Crippen LogP contribution in [0.4, 0.5) is 0 Å². The van der Waals surface area contributed by atoms with E-state index in [-0.39, 0.29) is 11.5 Å². The maximum Gasteiger partial charge on any atom is 0.133 e. The summed E-state index contributed by atoms with van der Waals surface area (Å²) in [5.41, 5.74) is 0. The highest BCUT2D eigenvalue weighted by atomic mass is 16.3. The molecule has 56 valence electrons. The number of carbonyl (C=O) groups is 1. The number of Topliss-reactive ketones (excluding diaryl/α,β-unsaturated/α-hetero) is 1. The van der Waals surface area contributed by atoms with E-state index in [0.717, 1.165) is 0 Å². The Balaban J connectivity index is 3.58. The maximum absolute atomic E-state index is 10.4. The Kier molecular flexibility index (Phi) is 4.29. The van der Waals surface area contributed by atoms with E-state index in [2.05, 4.69) is 0 Å². The zero-order valence-corrected chi connectivity index (χ0v) is 6.29. The van der Waals surface area contributed by atoms with Gasteiger partial charge in [0.1, 0.15) is 5.78 Å². The molecule has 0 rings (SSSR count). The molecule has 1 N–H and O–H groups in total. The van der Waals surface area contributed by atoms with E-state index in [9.17, 15) is 4.79 Å². The molecule has 0 amide bonds. The lowest BCUT2D eigenvalue weighted by molar-refractivity contribution is -0.116. The Morgan fingerprint density at radius 2 is 2.10 bits per heavy atom. The van der Waals surface area contributed by atoms with Crippen LogP contribution in [0.1, 0.15) is 20.3 Å². The first kappa shape index (κ1) is 8.95. The predicted molar refractivity (Wildman–Crippen MR) is 40.8 cm³/mol. The molecule has 0 unspecified atom stereocenters. The van der Waals surface area contributed by atoms with Crippen LogP contribution in [0.2, 0.25) is 0 Å². The van der Waals surface area contributed by atoms with Gasteiger partial charge in [-0.15, -0.1) is 0 Å². The largest absolute Gasteiger partial charge is 0.513 e. The first-order chi connectivity index (χ1) is 4.63. The molecule has 0 aliphatic carbocycles. The van der Waals surface area contributed by atoms with E-state index < -0.39 is 0 Å². The number of hydrogen-bond acceptors (Lipinski definition) is 2. The molecule has 0 aromatic carbocycles. The number of aliphatic hydroxyl groups is 1. The maximum atomic E-state index is 10.4. The molecule has 0 aromatic rings. The van der Waals surface area contributed by atoms with Gasteiger partial charge in [0.05, 0.1) is 5.76 Å². The minimum atomic E-state index is 0.125. The molecule has 0 heterocycles. The van der Waals surface area contributed by atoms with Crippen LogP contribution >= 0.6 is 0 Å². The zero-order chi connectivity index (χ0) is 7.98. The van der Waals surface area contributed by atoms with Gasteiger partial charge in [0, 0.05) is 6.42 Å². The van der Waals surface area contributed by atoms with Crippen molar-refractivity contribution in [2.75, 3.05) is 0 Å². The summed E-state index contributed by atoms with van der Waals surface area (Å²) in [4.78, 5) is 10.4. The Morgan fingerprint density at radius 1 is 1.50 bits per heavy atom. The number of carbonyl (C=O) groups excluding carboxylic acids is 1. The van der Waals surface area contributed by atoms with Gasteiger partial charge in [-0.1, -0.05) is 12.2 Å². The molecule has 0 aromatic heterocycles. The molecular weight excluding hydrogens is 128 g/mol. The lowest BCUT2D eigenvalue weighted by Crippen LogP contribution is -1.83. The van der Waals surface area contributed by atoms with Crippen LogP contribution in [0.15, 0.2) is 24.0 Å². The van der Waals surface area contributed by atoms with Crippen LogP contribution in [0.3, 0.4) is 0 Å². The fraction of sp³-hybridized carbons (Fsp3) is 0.375. The lowest BCUT2D eigenvalue weighted by atomic mass is 10.3. The standard InChI is InChI=1S/C8H12O2/c1-7(9)5-3-4-6-8(2)10/h3-5,9H,6H2,1-2H3/b4-3-,7-5+. The van der Waals surface area contributed by atoms with Gasteiger partial charge in [-0.25, -0.2) is 0 Å². The molecule has 0 fully saturated rings. The summed E-state index contributed by atoms with van der Waals surface area (Å²) in [6.07, 6.45) is 5.35. The molecule has 0 radical (unpaired) electrons. The third kappa shape index (κ3) is 6.95. The second-order valence-corrected chi connectivity index (χ2v) is 2.14. The number of allylic oxidation sites excluding steroid dienone is 4. The Morgan fingerprint density at radius 3 is 2.50 bits per heavy atom. The number of rotatable bonds is 3. The third-order valence-electron chi connectivity index (χ3n) is 0.879. The number of hydrogen-bond donors (Lipinski definition) is 1. The fourth-order valence-corrected chi connectivity index (χ4v) is 0.441. The van der Waals surface area contributed by atoms with Crippen LogP contribution < -0.4 is 0 Å². The van der Waals surface area contributed by atoms with Crippen LogP contribution in [-0.2, 0) is 4.79 Å². The van der Waals surface area contributed by atoms with Crippen molar-refractivity contribution in [3.05, 3.63) is 24.0 Å². The highest BCUT2D eigenvalue weighted by molar-refractivity contribution is 5.76. The monoisotopic (exact) mass is 140 g/mol. The first-order valence-electron chi connectivity index (χ1n) is 3.14. The van der Waals surface area contributed by atoms with Gasteiger partial charge in [-0.3, -0.25) is 4.79 Å². The summed E-state index contributed by atoms with van der Waals surface area (Å²) in [6.45, 7) is 3.11. The smallest absolute Gasteiger partial charge is 0.133 e. The van der Waals surface area contributed by atoms with E-state index in [0.29, 0.717) is 6.42 Å². The SMILES string of the molecule is CC(=O)C/C=C\C=C(/C)O. The van der Waals surface area contributed by atoms with Gasteiger partial charge >= 0.3 is 0 Å². The summed E-state index contributed by atoms with van der Waals surface area (Å²) in [6, 6.07) is 0. The summed E-state index contributed by atoms with van der Waals surface area (Å²) < 4.78 is 0. The number of aliphatic hydroxyl groups excluding tert-OH is 1. The summed E-state index contributed by atoms with van der Waals surface area (Å²) in [7, 11) is 0. The molecule has 0 aliphatic rings. The van der Waals surface area contributed by atoms with Gasteiger partial charge in [0.25, 0.3) is 0 Å². The van der Waals surface area contributed by atoms with Crippen molar-refractivity contribution in [3.8, 4) is 0 Å². The van der Waals surface area contributed by atoms with Gasteiger partial charge in [0.15, 0.2) is 0 Å². The van der Waals surface area contributed by atoms with Crippen LogP contribution in [0.25, 0.3) is 0 Å². The Labute approximate surface area is 60.9 Å². The summed E-state index contributed by atoms with van der Waals surface area (Å²) in [5.74, 6) is 0.375. The quantitative estimate of drug-likeness (QED) is 0.480.